The molecule has 0 saturated carbocycles. The van der Waals surface area contributed by atoms with Crippen LogP contribution in [0.2, 0.25) is 0 Å². The van der Waals surface area contributed by atoms with Crippen molar-refractivity contribution in [2.24, 2.45) is 23.5 Å². The SMILES string of the molecule is CC[C@H](C)[C@H](NC(=O)[C@H](Cc1ccccc1)NC(=O)/C=C/C(=O)N[C@@H](C)C(=O)NCC(=O)N[C@@H](Cc1ccccc1)C(=O)O)C(=O)N[C@@H](CC(C)C)C(=O)N[C@H](C(N)=O)C(C)C. The molecule has 18 nitrogen and oxygen atoms in total. The molecule has 0 bridgehead atoms. The molecule has 0 aliphatic rings. The number of hydrogen-bond donors (Lipinski definition) is 9. The maximum Gasteiger partial charge on any atom is 0.326 e. The number of carboxylic acid groups (broad SMARTS) is 1. The van der Waals surface area contributed by atoms with Crippen LogP contribution < -0.4 is 43.0 Å². The molecule has 18 heteroatoms. The van der Waals surface area contributed by atoms with E-state index in [0.29, 0.717) is 17.5 Å². The summed E-state index contributed by atoms with van der Waals surface area (Å²) in [6.45, 7) is 11.5. The fraction of sp³-hybridized carbons (Fsp3) is 0.477. The zero-order valence-electron chi connectivity index (χ0n) is 36.4. The number of carboxylic acids is 1. The van der Waals surface area contributed by atoms with E-state index < -0.39 is 102 Å². The summed E-state index contributed by atoms with van der Waals surface area (Å²) in [4.78, 5) is 116. The summed E-state index contributed by atoms with van der Waals surface area (Å²) in [6, 6.07) is 10.6. The molecule has 2 aromatic rings. The van der Waals surface area contributed by atoms with Crippen molar-refractivity contribution >= 4 is 53.2 Å². The van der Waals surface area contributed by atoms with Crippen LogP contribution in [0.3, 0.4) is 0 Å². The van der Waals surface area contributed by atoms with E-state index in [0.717, 1.165) is 12.2 Å². The second-order valence-corrected chi connectivity index (χ2v) is 15.9. The third-order valence-electron chi connectivity index (χ3n) is 9.80. The minimum absolute atomic E-state index is 0.000365. The first-order chi connectivity index (χ1) is 29.2. The quantitative estimate of drug-likeness (QED) is 0.0620. The van der Waals surface area contributed by atoms with Crippen LogP contribution in [0.4, 0.5) is 0 Å². The van der Waals surface area contributed by atoms with Crippen LogP contribution >= 0.6 is 0 Å². The van der Waals surface area contributed by atoms with Gasteiger partial charge < -0.3 is 48.1 Å². The lowest BCUT2D eigenvalue weighted by atomic mass is 9.95. The van der Waals surface area contributed by atoms with E-state index in [1.54, 1.807) is 81.4 Å². The number of aliphatic carboxylic acids is 1. The molecule has 10 N–H and O–H groups in total. The standard InChI is InChI=1S/C44H62N8O10/c1-8-27(6)38(43(60)50-31(21-25(2)3)41(58)51-37(26(4)5)39(45)56)52-42(59)32(22-29-15-11-9-12-16-29)48-35(54)20-19-34(53)47-28(7)40(57)46-24-36(55)49-33(44(61)62)23-30-17-13-10-14-18-30/h9-20,25-28,31-33,37-38H,8,21-24H2,1-7H3,(H2,45,56)(H,46,57)(H,47,53)(H,48,54)(H,49,55)(H,50,60)(H,51,58)(H,52,59)(H,61,62)/b20-19+/t27-,28-,31-,32-,33-,37-,38-/m0/s1. The van der Waals surface area contributed by atoms with Gasteiger partial charge in [0.25, 0.3) is 0 Å². The Kier molecular flexibility index (Phi) is 21.5. The highest BCUT2D eigenvalue weighted by atomic mass is 16.4. The van der Waals surface area contributed by atoms with Gasteiger partial charge >= 0.3 is 5.97 Å². The van der Waals surface area contributed by atoms with Crippen molar-refractivity contribution in [3.05, 3.63) is 83.9 Å². The molecule has 0 saturated heterocycles. The molecule has 8 amide bonds. The van der Waals surface area contributed by atoms with Gasteiger partial charge in [-0.1, -0.05) is 109 Å². The van der Waals surface area contributed by atoms with Crippen LogP contribution in [-0.2, 0) is 56.0 Å². The van der Waals surface area contributed by atoms with Crippen LogP contribution in [0.5, 0.6) is 0 Å². The molecule has 0 unspecified atom stereocenters. The van der Waals surface area contributed by atoms with Gasteiger partial charge in [-0.25, -0.2) is 4.79 Å². The van der Waals surface area contributed by atoms with E-state index >= 15 is 0 Å². The van der Waals surface area contributed by atoms with E-state index in [1.165, 1.54) is 6.92 Å². The van der Waals surface area contributed by atoms with Gasteiger partial charge in [-0.05, 0) is 42.2 Å². The number of carbonyl (C=O) groups excluding carboxylic acids is 8. The summed E-state index contributed by atoms with van der Waals surface area (Å²) < 4.78 is 0. The van der Waals surface area contributed by atoms with Crippen LogP contribution in [0.15, 0.2) is 72.8 Å². The van der Waals surface area contributed by atoms with Crippen molar-refractivity contribution in [3.63, 3.8) is 0 Å². The Labute approximate surface area is 362 Å². The first-order valence-electron chi connectivity index (χ1n) is 20.6. The van der Waals surface area contributed by atoms with Crippen molar-refractivity contribution in [3.8, 4) is 0 Å². The van der Waals surface area contributed by atoms with Crippen molar-refractivity contribution in [2.45, 2.75) is 110 Å². The summed E-state index contributed by atoms with van der Waals surface area (Å²) in [5.41, 5.74) is 6.86. The number of carbonyl (C=O) groups is 9. The molecule has 0 aliphatic carbocycles. The van der Waals surface area contributed by atoms with Gasteiger partial charge in [0.1, 0.15) is 36.3 Å². The molecule has 2 rings (SSSR count). The first kappa shape index (κ1) is 51.6. The summed E-state index contributed by atoms with van der Waals surface area (Å²) in [7, 11) is 0. The van der Waals surface area contributed by atoms with E-state index in [1.807, 2.05) is 20.8 Å². The lowest BCUT2D eigenvalue weighted by Crippen LogP contribution is -2.60. The Morgan fingerprint density at radius 1 is 0.597 bits per heavy atom. The Morgan fingerprint density at radius 3 is 1.58 bits per heavy atom. The molecule has 0 spiro atoms. The van der Waals surface area contributed by atoms with Gasteiger partial charge in [0, 0.05) is 25.0 Å². The fourth-order valence-corrected chi connectivity index (χ4v) is 6.11. The Balaban J connectivity index is 2.12. The third kappa shape index (κ3) is 18.4. The summed E-state index contributed by atoms with van der Waals surface area (Å²) >= 11 is 0. The van der Waals surface area contributed by atoms with E-state index in [2.05, 4.69) is 37.2 Å². The Hall–Kier alpha value is -6.59. The zero-order valence-corrected chi connectivity index (χ0v) is 36.4. The first-order valence-corrected chi connectivity index (χ1v) is 20.6. The number of benzene rings is 2. The van der Waals surface area contributed by atoms with Crippen LogP contribution in [-0.4, -0.2) is 101 Å². The van der Waals surface area contributed by atoms with Crippen molar-refractivity contribution < 1.29 is 48.3 Å². The lowest BCUT2D eigenvalue weighted by molar-refractivity contribution is -0.141. The molecule has 0 heterocycles. The average Bonchev–Trinajstić information content (AvgIpc) is 3.22. The van der Waals surface area contributed by atoms with Crippen molar-refractivity contribution in [1.29, 1.82) is 0 Å². The average molecular weight is 863 g/mol. The monoisotopic (exact) mass is 862 g/mol. The van der Waals surface area contributed by atoms with Crippen LogP contribution in [0.1, 0.15) is 72.4 Å². The molecular weight excluding hydrogens is 801 g/mol. The topological polar surface area (TPSA) is 284 Å². The molecule has 0 aliphatic heterocycles. The maximum atomic E-state index is 13.9. The molecule has 338 valence electrons. The Morgan fingerprint density at radius 2 is 1.10 bits per heavy atom. The maximum absolute atomic E-state index is 13.9. The van der Waals surface area contributed by atoms with Crippen molar-refractivity contribution in [1.82, 2.24) is 37.2 Å². The van der Waals surface area contributed by atoms with E-state index in [9.17, 15) is 48.3 Å². The number of hydrogen-bond acceptors (Lipinski definition) is 9. The number of rotatable bonds is 25. The van der Waals surface area contributed by atoms with Gasteiger partial charge in [0.2, 0.25) is 47.3 Å². The second kappa shape index (κ2) is 25.9. The zero-order chi connectivity index (χ0) is 46.5. The molecule has 7 atom stereocenters. The van der Waals surface area contributed by atoms with Crippen molar-refractivity contribution in [2.75, 3.05) is 6.54 Å². The number of primary amides is 1. The van der Waals surface area contributed by atoms with Gasteiger partial charge in [0.05, 0.1) is 6.54 Å². The number of nitrogens with one attached hydrogen (secondary N) is 7. The van der Waals surface area contributed by atoms with Gasteiger partial charge in [-0.3, -0.25) is 38.4 Å². The summed E-state index contributed by atoms with van der Waals surface area (Å²) in [5.74, 6) is -7.96. The minimum Gasteiger partial charge on any atom is -0.480 e. The molecule has 0 radical (unpaired) electrons. The highest BCUT2D eigenvalue weighted by Crippen LogP contribution is 2.13. The van der Waals surface area contributed by atoms with Gasteiger partial charge in [-0.2, -0.15) is 0 Å². The van der Waals surface area contributed by atoms with Crippen LogP contribution in [0, 0.1) is 17.8 Å². The molecule has 0 fully saturated rings. The third-order valence-corrected chi connectivity index (χ3v) is 9.80. The number of nitrogens with two attached hydrogens (primary N) is 1. The Bertz CT molecular complexity index is 1890. The second-order valence-electron chi connectivity index (χ2n) is 15.9. The van der Waals surface area contributed by atoms with Gasteiger partial charge in [-0.15, -0.1) is 0 Å². The fourth-order valence-electron chi connectivity index (χ4n) is 6.11. The predicted molar refractivity (Wildman–Crippen MR) is 230 cm³/mol. The van der Waals surface area contributed by atoms with Gasteiger partial charge in [0.15, 0.2) is 0 Å². The minimum atomic E-state index is -1.26. The largest absolute Gasteiger partial charge is 0.480 e. The molecular formula is C44H62N8O10. The van der Waals surface area contributed by atoms with E-state index in [4.69, 9.17) is 5.73 Å². The molecule has 62 heavy (non-hydrogen) atoms. The number of amides is 8. The van der Waals surface area contributed by atoms with E-state index in [-0.39, 0.29) is 31.1 Å². The smallest absolute Gasteiger partial charge is 0.326 e. The highest BCUT2D eigenvalue weighted by Gasteiger charge is 2.34. The lowest BCUT2D eigenvalue weighted by Gasteiger charge is -2.29. The molecule has 0 aromatic heterocycles. The highest BCUT2D eigenvalue weighted by molar-refractivity contribution is 6.01. The summed E-state index contributed by atoms with van der Waals surface area (Å²) in [6.07, 6.45) is 2.41. The molecule has 2 aromatic carbocycles. The van der Waals surface area contributed by atoms with Crippen LogP contribution in [0.25, 0.3) is 0 Å². The predicted octanol–water partition coefficient (Wildman–Crippen LogP) is 0.391. The summed E-state index contributed by atoms with van der Waals surface area (Å²) in [5, 5.41) is 27.3. The normalized spacial score (nSPS) is 14.5.